The smallest absolute Gasteiger partial charge is 0.225 e. The number of hydrogen-bond acceptors (Lipinski definition) is 5. The van der Waals surface area contributed by atoms with Crippen LogP contribution >= 0.6 is 0 Å². The molecule has 0 spiro atoms. The summed E-state index contributed by atoms with van der Waals surface area (Å²) in [4.78, 5) is 28.6. The van der Waals surface area contributed by atoms with Crippen LogP contribution in [0.4, 0.5) is 5.82 Å². The molecule has 1 aromatic heterocycles. The molecule has 3 aromatic rings. The highest BCUT2D eigenvalue weighted by molar-refractivity contribution is 5.94. The second kappa shape index (κ2) is 8.38. The molecule has 1 N–H and O–H groups in total. The Morgan fingerprint density at radius 1 is 1.20 bits per heavy atom. The zero-order valence-corrected chi connectivity index (χ0v) is 19.7. The van der Waals surface area contributed by atoms with Gasteiger partial charge in [0.25, 0.3) is 0 Å². The van der Waals surface area contributed by atoms with Crippen LogP contribution in [0.1, 0.15) is 46.6 Å². The Morgan fingerprint density at radius 2 is 2.09 bits per heavy atom. The molecule has 3 aliphatic rings. The number of ether oxygens (including phenoxy) is 2. The molecule has 1 aliphatic carbocycles. The summed E-state index contributed by atoms with van der Waals surface area (Å²) in [7, 11) is 0. The number of carbonyl (C=O) groups is 2. The molecule has 6 heteroatoms. The quantitative estimate of drug-likeness (QED) is 0.484. The molecular weight excluding hydrogens is 440 g/mol. The molecule has 1 saturated carbocycles. The Morgan fingerprint density at radius 3 is 2.94 bits per heavy atom. The van der Waals surface area contributed by atoms with Crippen molar-refractivity contribution in [1.82, 2.24) is 4.98 Å². The van der Waals surface area contributed by atoms with E-state index >= 15 is 0 Å². The summed E-state index contributed by atoms with van der Waals surface area (Å²) in [6.45, 7) is 4.06. The van der Waals surface area contributed by atoms with E-state index in [2.05, 4.69) is 16.4 Å². The molecule has 0 unspecified atom stereocenters. The first-order valence-corrected chi connectivity index (χ1v) is 12.0. The SMILES string of the molecule is Cc1cccc(/C=C/C(=O)C[C@@H]2[C@H]3Oc4c(C)cc(Oc5ccnc6c5CCC(=O)N6)cc4[C@@H]23)c1. The van der Waals surface area contributed by atoms with Crippen LogP contribution in [0, 0.1) is 19.8 Å². The number of amides is 1. The van der Waals surface area contributed by atoms with E-state index in [-0.39, 0.29) is 29.6 Å². The Balaban J connectivity index is 1.17. The lowest BCUT2D eigenvalue weighted by Gasteiger charge is -2.19. The van der Waals surface area contributed by atoms with E-state index in [9.17, 15) is 9.59 Å². The minimum absolute atomic E-state index is 0.0261. The fraction of sp³-hybridized carbons (Fsp3) is 0.276. The lowest BCUT2D eigenvalue weighted by molar-refractivity contribution is -0.116. The maximum Gasteiger partial charge on any atom is 0.225 e. The van der Waals surface area contributed by atoms with Gasteiger partial charge in [-0.15, -0.1) is 0 Å². The van der Waals surface area contributed by atoms with Crippen molar-refractivity contribution in [3.05, 3.63) is 82.6 Å². The summed E-state index contributed by atoms with van der Waals surface area (Å²) in [5.41, 5.74) is 5.25. The van der Waals surface area contributed by atoms with Crippen molar-refractivity contribution >= 4 is 23.6 Å². The zero-order chi connectivity index (χ0) is 24.1. The highest BCUT2D eigenvalue weighted by Gasteiger charge is 2.59. The third kappa shape index (κ3) is 4.09. The minimum Gasteiger partial charge on any atom is -0.489 e. The molecule has 176 valence electrons. The van der Waals surface area contributed by atoms with Gasteiger partial charge in [0, 0.05) is 42.0 Å². The number of nitrogens with zero attached hydrogens (tertiary/aromatic N) is 1. The molecule has 6 nitrogen and oxygen atoms in total. The lowest BCUT2D eigenvalue weighted by Crippen LogP contribution is -2.20. The summed E-state index contributed by atoms with van der Waals surface area (Å²) < 4.78 is 12.5. The van der Waals surface area contributed by atoms with Gasteiger partial charge in [-0.3, -0.25) is 9.59 Å². The lowest BCUT2D eigenvalue weighted by atomic mass is 10.0. The van der Waals surface area contributed by atoms with Gasteiger partial charge in [-0.25, -0.2) is 4.98 Å². The number of carbonyl (C=O) groups excluding carboxylic acids is 2. The summed E-state index contributed by atoms with van der Waals surface area (Å²) in [6, 6.07) is 13.9. The van der Waals surface area contributed by atoms with Crippen molar-refractivity contribution in [3.63, 3.8) is 0 Å². The molecule has 3 atom stereocenters. The third-order valence-corrected chi connectivity index (χ3v) is 7.03. The number of aryl methyl sites for hydroxylation is 2. The van der Waals surface area contributed by atoms with Crippen LogP contribution < -0.4 is 14.8 Å². The molecule has 0 saturated heterocycles. The maximum atomic E-state index is 12.6. The molecule has 0 radical (unpaired) electrons. The third-order valence-electron chi connectivity index (χ3n) is 7.03. The highest BCUT2D eigenvalue weighted by Crippen LogP contribution is 2.61. The number of rotatable bonds is 6. The number of anilines is 1. The number of aromatic nitrogens is 1. The van der Waals surface area contributed by atoms with Crippen LogP contribution in [0.3, 0.4) is 0 Å². The number of nitrogens with one attached hydrogen (secondary N) is 1. The number of ketones is 1. The maximum absolute atomic E-state index is 12.6. The van der Waals surface area contributed by atoms with Gasteiger partial charge >= 0.3 is 0 Å². The van der Waals surface area contributed by atoms with Crippen molar-refractivity contribution in [1.29, 1.82) is 0 Å². The molecule has 2 aliphatic heterocycles. The predicted molar refractivity (Wildman–Crippen MR) is 133 cm³/mol. The molecule has 2 aromatic carbocycles. The average molecular weight is 467 g/mol. The van der Waals surface area contributed by atoms with Crippen LogP contribution in [-0.4, -0.2) is 22.8 Å². The van der Waals surface area contributed by atoms with Gasteiger partial charge in [0.1, 0.15) is 29.2 Å². The van der Waals surface area contributed by atoms with E-state index < -0.39 is 0 Å². The number of fused-ring (bicyclic) bond motifs is 4. The number of pyridine rings is 1. The summed E-state index contributed by atoms with van der Waals surface area (Å²) in [5, 5.41) is 2.81. The average Bonchev–Trinajstić information content (AvgIpc) is 3.34. The molecule has 0 bridgehead atoms. The molecule has 3 heterocycles. The first-order valence-electron chi connectivity index (χ1n) is 12.0. The normalized spacial score (nSPS) is 21.5. The van der Waals surface area contributed by atoms with Crippen molar-refractivity contribution in [2.75, 3.05) is 5.32 Å². The van der Waals surface area contributed by atoms with Crippen molar-refractivity contribution in [3.8, 4) is 17.2 Å². The van der Waals surface area contributed by atoms with Gasteiger partial charge in [0.15, 0.2) is 5.78 Å². The van der Waals surface area contributed by atoms with E-state index in [1.165, 1.54) is 5.56 Å². The highest BCUT2D eigenvalue weighted by atomic mass is 16.5. The van der Waals surface area contributed by atoms with Crippen LogP contribution in [0.5, 0.6) is 17.2 Å². The number of allylic oxidation sites excluding steroid dienone is 1. The van der Waals surface area contributed by atoms with Crippen LogP contribution in [0.2, 0.25) is 0 Å². The number of benzene rings is 2. The Hall–Kier alpha value is -3.93. The molecule has 6 rings (SSSR count). The number of hydrogen-bond donors (Lipinski definition) is 1. The van der Waals surface area contributed by atoms with Crippen LogP contribution in [0.25, 0.3) is 6.08 Å². The van der Waals surface area contributed by atoms with Gasteiger partial charge in [-0.05, 0) is 55.7 Å². The fourth-order valence-corrected chi connectivity index (χ4v) is 5.27. The van der Waals surface area contributed by atoms with E-state index in [1.807, 2.05) is 56.3 Å². The van der Waals surface area contributed by atoms with E-state index in [1.54, 1.807) is 12.3 Å². The van der Waals surface area contributed by atoms with Gasteiger partial charge in [0.05, 0.1) is 0 Å². The monoisotopic (exact) mass is 466 g/mol. The van der Waals surface area contributed by atoms with E-state index in [0.29, 0.717) is 30.8 Å². The van der Waals surface area contributed by atoms with Crippen LogP contribution in [0.15, 0.2) is 54.7 Å². The zero-order valence-electron chi connectivity index (χ0n) is 19.7. The van der Waals surface area contributed by atoms with E-state index in [0.717, 1.165) is 33.8 Å². The van der Waals surface area contributed by atoms with Gasteiger partial charge in [-0.1, -0.05) is 35.9 Å². The standard InChI is InChI=1S/C29H26N2O4/c1-16-4-3-5-18(12-16)6-7-19(32)14-22-26-23-15-20(13-17(2)27(23)35-28(22)26)34-24-10-11-30-29-21(24)8-9-25(33)31-29/h3-7,10-13,15,22,26,28H,8-9,14H2,1-2H3,(H,30,31,33)/b7-6+/t22-,26+,28+/m0/s1. The predicted octanol–water partition coefficient (Wildman–Crippen LogP) is 5.52. The van der Waals surface area contributed by atoms with Crippen molar-refractivity contribution in [2.24, 2.45) is 5.92 Å². The Bertz CT molecular complexity index is 1390. The topological polar surface area (TPSA) is 77.5 Å². The fourth-order valence-electron chi connectivity index (χ4n) is 5.27. The van der Waals surface area contributed by atoms with Gasteiger partial charge in [0.2, 0.25) is 5.91 Å². The summed E-state index contributed by atoms with van der Waals surface area (Å²) >= 11 is 0. The molecular formula is C29H26N2O4. The second-order valence-electron chi connectivity index (χ2n) is 9.64. The Labute approximate surface area is 204 Å². The molecule has 35 heavy (non-hydrogen) atoms. The largest absolute Gasteiger partial charge is 0.489 e. The first kappa shape index (κ1) is 21.6. The van der Waals surface area contributed by atoms with Crippen molar-refractivity contribution in [2.45, 2.75) is 45.1 Å². The molecule has 1 fully saturated rings. The Kier molecular flexibility index (Phi) is 5.17. The van der Waals surface area contributed by atoms with E-state index in [4.69, 9.17) is 9.47 Å². The van der Waals surface area contributed by atoms with Gasteiger partial charge < -0.3 is 14.8 Å². The summed E-state index contributed by atoms with van der Waals surface area (Å²) in [6.07, 6.45) is 6.76. The minimum atomic E-state index is -0.0261. The van der Waals surface area contributed by atoms with Gasteiger partial charge in [-0.2, -0.15) is 0 Å². The van der Waals surface area contributed by atoms with Crippen LogP contribution in [-0.2, 0) is 16.0 Å². The second-order valence-corrected chi connectivity index (χ2v) is 9.64. The first-order chi connectivity index (χ1) is 17.0. The van der Waals surface area contributed by atoms with Crippen molar-refractivity contribution < 1.29 is 19.1 Å². The molecule has 1 amide bonds. The summed E-state index contributed by atoms with van der Waals surface area (Å²) in [5.74, 6) is 3.41.